The summed E-state index contributed by atoms with van der Waals surface area (Å²) in [5.41, 5.74) is 1.46. The number of anilines is 1. The molecule has 0 unspecified atom stereocenters. The van der Waals surface area contributed by atoms with E-state index < -0.39 is 17.3 Å². The fraction of sp³-hybridized carbons (Fsp3) is 0.111. The molecule has 6 nitrogen and oxygen atoms in total. The van der Waals surface area contributed by atoms with Gasteiger partial charge in [-0.05, 0) is 37.6 Å². The van der Waals surface area contributed by atoms with Crippen molar-refractivity contribution in [2.75, 3.05) is 5.32 Å². The number of hydrogen-bond donors (Lipinski definition) is 1. The second-order valence-corrected chi connectivity index (χ2v) is 5.41. The van der Waals surface area contributed by atoms with Crippen LogP contribution in [0.25, 0.3) is 10.8 Å². The van der Waals surface area contributed by atoms with Crippen molar-refractivity contribution in [3.05, 3.63) is 69.7 Å². The van der Waals surface area contributed by atoms with Gasteiger partial charge in [-0.3, -0.25) is 9.59 Å². The van der Waals surface area contributed by atoms with Crippen LogP contribution in [0, 0.1) is 13.8 Å². The number of fused-ring (bicyclic) bond motifs is 1. The zero-order valence-electron chi connectivity index (χ0n) is 13.1. The number of amides is 1. The van der Waals surface area contributed by atoms with Gasteiger partial charge in [-0.15, -0.1) is 0 Å². The summed E-state index contributed by atoms with van der Waals surface area (Å²) in [5, 5.41) is 7.14. The molecule has 0 aliphatic heterocycles. The first-order chi connectivity index (χ1) is 11.5. The molecule has 0 aliphatic carbocycles. The maximum absolute atomic E-state index is 12.3. The predicted octanol–water partition coefficient (Wildman–Crippen LogP) is 2.63. The Morgan fingerprint density at radius 1 is 1.04 bits per heavy atom. The summed E-state index contributed by atoms with van der Waals surface area (Å²) >= 11 is 0. The highest BCUT2D eigenvalue weighted by atomic mass is 16.5. The lowest BCUT2D eigenvalue weighted by Crippen LogP contribution is -2.23. The zero-order chi connectivity index (χ0) is 17.3. The van der Waals surface area contributed by atoms with E-state index in [1.54, 1.807) is 50.2 Å². The number of carbonyl (C=O) groups excluding carboxylic acids is 2. The van der Waals surface area contributed by atoms with Crippen molar-refractivity contribution < 1.29 is 14.1 Å². The Morgan fingerprint density at radius 2 is 1.79 bits per heavy atom. The van der Waals surface area contributed by atoms with Crippen LogP contribution >= 0.6 is 0 Å². The standard InChI is InChI=1S/C18H14N2O4/c1-10-5-3-4-6-13(10)16(21)17(22)19-12-7-8-14-15(9-12)11(2)20-24-18(14)23/h3-9H,1-2H3,(H,19,22). The van der Waals surface area contributed by atoms with Gasteiger partial charge >= 0.3 is 5.63 Å². The van der Waals surface area contributed by atoms with E-state index in [1.807, 2.05) is 0 Å². The maximum atomic E-state index is 12.3. The fourth-order valence-electron chi connectivity index (χ4n) is 2.45. The number of rotatable bonds is 3. The second kappa shape index (κ2) is 6.08. The van der Waals surface area contributed by atoms with Crippen molar-refractivity contribution in [1.29, 1.82) is 0 Å². The van der Waals surface area contributed by atoms with Crippen LogP contribution in [-0.2, 0) is 4.79 Å². The number of aromatic nitrogens is 1. The van der Waals surface area contributed by atoms with Gasteiger partial charge in [0.15, 0.2) is 0 Å². The first kappa shape index (κ1) is 15.6. The van der Waals surface area contributed by atoms with Crippen molar-refractivity contribution in [2.24, 2.45) is 0 Å². The number of nitrogens with zero attached hydrogens (tertiary/aromatic N) is 1. The van der Waals surface area contributed by atoms with Gasteiger partial charge in [-0.1, -0.05) is 29.4 Å². The molecule has 0 saturated heterocycles. The Morgan fingerprint density at radius 3 is 2.54 bits per heavy atom. The molecule has 3 rings (SSSR count). The lowest BCUT2D eigenvalue weighted by Gasteiger charge is -2.07. The van der Waals surface area contributed by atoms with Crippen LogP contribution in [0.2, 0.25) is 0 Å². The zero-order valence-corrected chi connectivity index (χ0v) is 13.1. The summed E-state index contributed by atoms with van der Waals surface area (Å²) in [6.45, 7) is 3.46. The molecule has 1 amide bonds. The minimum atomic E-state index is -0.739. The Balaban J connectivity index is 1.91. The first-order valence-corrected chi connectivity index (χ1v) is 7.29. The van der Waals surface area contributed by atoms with Gasteiger partial charge in [0.2, 0.25) is 0 Å². The van der Waals surface area contributed by atoms with Gasteiger partial charge in [0, 0.05) is 16.6 Å². The molecule has 0 spiro atoms. The molecule has 0 bridgehead atoms. The third-order valence-corrected chi connectivity index (χ3v) is 3.75. The molecule has 1 heterocycles. The summed E-state index contributed by atoms with van der Waals surface area (Å²) in [4.78, 5) is 36.1. The molecule has 0 atom stereocenters. The molecule has 0 radical (unpaired) electrons. The Bertz CT molecular complexity index is 1020. The monoisotopic (exact) mass is 322 g/mol. The van der Waals surface area contributed by atoms with Crippen LogP contribution in [0.15, 0.2) is 51.8 Å². The number of carbonyl (C=O) groups is 2. The van der Waals surface area contributed by atoms with Crippen LogP contribution in [0.3, 0.4) is 0 Å². The molecular weight excluding hydrogens is 308 g/mol. The van der Waals surface area contributed by atoms with Crippen LogP contribution < -0.4 is 10.9 Å². The number of hydrogen-bond acceptors (Lipinski definition) is 5. The summed E-state index contributed by atoms with van der Waals surface area (Å²) in [6.07, 6.45) is 0. The third-order valence-electron chi connectivity index (χ3n) is 3.75. The molecule has 3 aromatic rings. The van der Waals surface area contributed by atoms with Crippen LogP contribution in [0.1, 0.15) is 21.6 Å². The average molecular weight is 322 g/mol. The minimum absolute atomic E-state index is 0.356. The first-order valence-electron chi connectivity index (χ1n) is 7.29. The number of ketones is 1. The maximum Gasteiger partial charge on any atom is 0.366 e. The molecule has 1 aromatic heterocycles. The molecular formula is C18H14N2O4. The summed E-state index contributed by atoms with van der Waals surface area (Å²) in [7, 11) is 0. The molecule has 2 aromatic carbocycles. The summed E-state index contributed by atoms with van der Waals surface area (Å²) in [6, 6.07) is 11.6. The van der Waals surface area contributed by atoms with Gasteiger partial charge in [0.25, 0.3) is 11.7 Å². The van der Waals surface area contributed by atoms with E-state index in [4.69, 9.17) is 0 Å². The topological polar surface area (TPSA) is 89.3 Å². The molecule has 0 aliphatic rings. The third kappa shape index (κ3) is 2.81. The van der Waals surface area contributed by atoms with E-state index >= 15 is 0 Å². The number of aryl methyl sites for hydroxylation is 2. The quantitative estimate of drug-likeness (QED) is 0.591. The number of benzene rings is 2. The molecule has 0 saturated carbocycles. The van der Waals surface area contributed by atoms with Gasteiger partial charge in [0.05, 0.1) is 11.1 Å². The highest BCUT2D eigenvalue weighted by Crippen LogP contribution is 2.19. The van der Waals surface area contributed by atoms with Gasteiger partial charge in [-0.25, -0.2) is 4.79 Å². The normalized spacial score (nSPS) is 10.6. The van der Waals surface area contributed by atoms with E-state index in [1.165, 1.54) is 6.07 Å². The lowest BCUT2D eigenvalue weighted by atomic mass is 10.0. The molecule has 24 heavy (non-hydrogen) atoms. The molecule has 120 valence electrons. The van der Waals surface area contributed by atoms with E-state index in [0.29, 0.717) is 27.7 Å². The average Bonchev–Trinajstić information content (AvgIpc) is 2.58. The number of Topliss-reactive ketones (excluding diaryl/α,β-unsaturated/α-hetero) is 1. The second-order valence-electron chi connectivity index (χ2n) is 5.41. The van der Waals surface area contributed by atoms with Gasteiger partial charge in [-0.2, -0.15) is 0 Å². The van der Waals surface area contributed by atoms with Crippen molar-refractivity contribution in [2.45, 2.75) is 13.8 Å². The van der Waals surface area contributed by atoms with Gasteiger partial charge in [0.1, 0.15) is 0 Å². The Kier molecular flexibility index (Phi) is 3.95. The summed E-state index contributed by atoms with van der Waals surface area (Å²) < 4.78 is 4.65. The van der Waals surface area contributed by atoms with Crippen LogP contribution in [0.5, 0.6) is 0 Å². The van der Waals surface area contributed by atoms with E-state index in [0.717, 1.165) is 5.56 Å². The highest BCUT2D eigenvalue weighted by Gasteiger charge is 2.18. The predicted molar refractivity (Wildman–Crippen MR) is 89.2 cm³/mol. The van der Waals surface area contributed by atoms with Crippen molar-refractivity contribution in [1.82, 2.24) is 5.16 Å². The van der Waals surface area contributed by atoms with Crippen LogP contribution in [-0.4, -0.2) is 16.8 Å². The Labute approximate surface area is 137 Å². The molecule has 6 heteroatoms. The SMILES string of the molecule is Cc1ccccc1C(=O)C(=O)Nc1ccc2c(=O)onc(C)c2c1. The largest absolute Gasteiger partial charge is 0.366 e. The van der Waals surface area contributed by atoms with Gasteiger partial charge < -0.3 is 9.84 Å². The number of nitrogens with one attached hydrogen (secondary N) is 1. The molecule has 1 N–H and O–H groups in total. The highest BCUT2D eigenvalue weighted by molar-refractivity contribution is 6.46. The summed E-state index contributed by atoms with van der Waals surface area (Å²) in [5.74, 6) is -1.35. The van der Waals surface area contributed by atoms with Crippen molar-refractivity contribution >= 4 is 28.2 Å². The fourth-order valence-corrected chi connectivity index (χ4v) is 2.45. The van der Waals surface area contributed by atoms with Crippen molar-refractivity contribution in [3.8, 4) is 0 Å². The van der Waals surface area contributed by atoms with Crippen LogP contribution in [0.4, 0.5) is 5.69 Å². The van der Waals surface area contributed by atoms with Crippen molar-refractivity contribution in [3.63, 3.8) is 0 Å². The van der Waals surface area contributed by atoms with E-state index in [9.17, 15) is 14.4 Å². The molecule has 0 fully saturated rings. The van der Waals surface area contributed by atoms with E-state index in [2.05, 4.69) is 15.0 Å². The van der Waals surface area contributed by atoms with E-state index in [-0.39, 0.29) is 0 Å². The minimum Gasteiger partial charge on any atom is -0.319 e. The Hall–Kier alpha value is -3.28. The smallest absolute Gasteiger partial charge is 0.319 e. The lowest BCUT2D eigenvalue weighted by molar-refractivity contribution is -0.112.